The number of Topliss-reactive ketones (excluding diaryl/α,β-unsaturated/α-hetero) is 3. The Morgan fingerprint density at radius 1 is 0.826 bits per heavy atom. The van der Waals surface area contributed by atoms with E-state index in [1.54, 1.807) is 19.1 Å². The van der Waals surface area contributed by atoms with Crippen LogP contribution in [-0.4, -0.2) is 17.3 Å². The van der Waals surface area contributed by atoms with Crippen molar-refractivity contribution in [3.05, 3.63) is 71.8 Å². The van der Waals surface area contributed by atoms with Gasteiger partial charge in [0.2, 0.25) is 0 Å². The lowest BCUT2D eigenvalue weighted by Crippen LogP contribution is -2.18. The van der Waals surface area contributed by atoms with Crippen molar-refractivity contribution < 1.29 is 14.4 Å². The summed E-state index contributed by atoms with van der Waals surface area (Å²) >= 11 is 0. The fourth-order valence-corrected chi connectivity index (χ4v) is 2.55. The van der Waals surface area contributed by atoms with Crippen LogP contribution in [0.3, 0.4) is 0 Å². The topological polar surface area (TPSA) is 51.2 Å². The predicted octanol–water partition coefficient (Wildman–Crippen LogP) is 3.98. The highest BCUT2D eigenvalue weighted by molar-refractivity contribution is 6.37. The second-order valence-electron chi connectivity index (χ2n) is 5.43. The highest BCUT2D eigenvalue weighted by Crippen LogP contribution is 2.26. The number of benzene rings is 2. The molecule has 3 heteroatoms. The Bertz CT molecular complexity index is 675. The molecule has 1 atom stereocenters. The van der Waals surface area contributed by atoms with Crippen LogP contribution in [-0.2, 0) is 9.59 Å². The minimum Gasteiger partial charge on any atom is -0.293 e. The SMILES string of the molecule is CCC(=O)C(=O)CCC(C(=O)c1ccccc1)c1ccccc1. The zero-order chi connectivity index (χ0) is 16.7. The van der Waals surface area contributed by atoms with Crippen molar-refractivity contribution in [2.75, 3.05) is 0 Å². The van der Waals surface area contributed by atoms with Gasteiger partial charge in [0.15, 0.2) is 17.3 Å². The summed E-state index contributed by atoms with van der Waals surface area (Å²) in [6, 6.07) is 18.5. The van der Waals surface area contributed by atoms with E-state index < -0.39 is 11.7 Å². The van der Waals surface area contributed by atoms with E-state index in [9.17, 15) is 14.4 Å². The van der Waals surface area contributed by atoms with Crippen molar-refractivity contribution in [2.24, 2.45) is 0 Å². The number of hydrogen-bond acceptors (Lipinski definition) is 3. The number of ketones is 3. The Balaban J connectivity index is 2.21. The molecule has 0 bridgehead atoms. The summed E-state index contributed by atoms with van der Waals surface area (Å²) < 4.78 is 0. The van der Waals surface area contributed by atoms with E-state index in [0.717, 1.165) is 5.56 Å². The van der Waals surface area contributed by atoms with E-state index in [1.165, 1.54) is 0 Å². The molecule has 0 radical (unpaired) electrons. The van der Waals surface area contributed by atoms with Crippen LogP contribution < -0.4 is 0 Å². The average Bonchev–Trinajstić information content (AvgIpc) is 2.62. The van der Waals surface area contributed by atoms with Gasteiger partial charge in [-0.25, -0.2) is 0 Å². The van der Waals surface area contributed by atoms with E-state index in [-0.39, 0.29) is 24.4 Å². The van der Waals surface area contributed by atoms with E-state index in [0.29, 0.717) is 12.0 Å². The molecule has 0 amide bonds. The van der Waals surface area contributed by atoms with Gasteiger partial charge in [-0.1, -0.05) is 67.6 Å². The van der Waals surface area contributed by atoms with Gasteiger partial charge in [-0.3, -0.25) is 14.4 Å². The van der Waals surface area contributed by atoms with E-state index in [2.05, 4.69) is 0 Å². The third-order valence-corrected chi connectivity index (χ3v) is 3.87. The molecule has 1 unspecified atom stereocenters. The van der Waals surface area contributed by atoms with Crippen molar-refractivity contribution in [3.63, 3.8) is 0 Å². The molecule has 0 aliphatic rings. The third-order valence-electron chi connectivity index (χ3n) is 3.87. The first-order valence-electron chi connectivity index (χ1n) is 7.83. The molecule has 0 fully saturated rings. The quantitative estimate of drug-likeness (QED) is 0.547. The molecule has 0 aliphatic carbocycles. The average molecular weight is 308 g/mol. The molecular formula is C20H20O3. The molecule has 2 aromatic carbocycles. The molecule has 0 saturated carbocycles. The summed E-state index contributed by atoms with van der Waals surface area (Å²) in [6.45, 7) is 1.67. The van der Waals surface area contributed by atoms with Crippen LogP contribution in [0.2, 0.25) is 0 Å². The van der Waals surface area contributed by atoms with Crippen LogP contribution in [0.15, 0.2) is 60.7 Å². The first-order chi connectivity index (χ1) is 11.1. The fourth-order valence-electron chi connectivity index (χ4n) is 2.55. The summed E-state index contributed by atoms with van der Waals surface area (Å²) in [5, 5.41) is 0. The maximum atomic E-state index is 12.8. The van der Waals surface area contributed by atoms with E-state index in [1.807, 2.05) is 48.5 Å². The van der Waals surface area contributed by atoms with Crippen LogP contribution in [0.5, 0.6) is 0 Å². The first kappa shape index (κ1) is 16.8. The van der Waals surface area contributed by atoms with Gasteiger partial charge in [0.25, 0.3) is 0 Å². The normalized spacial score (nSPS) is 11.7. The van der Waals surface area contributed by atoms with Gasteiger partial charge in [-0.2, -0.15) is 0 Å². The van der Waals surface area contributed by atoms with E-state index >= 15 is 0 Å². The second kappa shape index (κ2) is 8.18. The lowest BCUT2D eigenvalue weighted by Gasteiger charge is -2.16. The van der Waals surface area contributed by atoms with Gasteiger partial charge in [0.1, 0.15) is 0 Å². The predicted molar refractivity (Wildman–Crippen MR) is 89.5 cm³/mol. The molecule has 0 aromatic heterocycles. The second-order valence-corrected chi connectivity index (χ2v) is 5.43. The largest absolute Gasteiger partial charge is 0.293 e. The Labute approximate surface area is 136 Å². The molecule has 0 N–H and O–H groups in total. The lowest BCUT2D eigenvalue weighted by atomic mass is 9.86. The molecule has 2 aromatic rings. The van der Waals surface area contributed by atoms with Gasteiger partial charge < -0.3 is 0 Å². The summed E-state index contributed by atoms with van der Waals surface area (Å²) in [5.41, 5.74) is 1.49. The van der Waals surface area contributed by atoms with Gasteiger partial charge in [-0.15, -0.1) is 0 Å². The Kier molecular flexibility index (Phi) is 5.98. The summed E-state index contributed by atoms with van der Waals surface area (Å²) in [4.78, 5) is 36.1. The van der Waals surface area contributed by atoms with Crippen molar-refractivity contribution in [3.8, 4) is 0 Å². The highest BCUT2D eigenvalue weighted by Gasteiger charge is 2.23. The van der Waals surface area contributed by atoms with Crippen LogP contribution in [0, 0.1) is 0 Å². The van der Waals surface area contributed by atoms with Gasteiger partial charge in [0.05, 0.1) is 0 Å². The standard InChI is InChI=1S/C20H20O3/c1-2-18(21)19(22)14-13-17(15-9-5-3-6-10-15)20(23)16-11-7-4-8-12-16/h3-12,17H,2,13-14H2,1H3. The molecule has 0 spiro atoms. The van der Waals surface area contributed by atoms with Crippen LogP contribution >= 0.6 is 0 Å². The maximum absolute atomic E-state index is 12.8. The molecule has 118 valence electrons. The minimum atomic E-state index is -0.410. The number of carbonyl (C=O) groups excluding carboxylic acids is 3. The monoisotopic (exact) mass is 308 g/mol. The molecule has 2 rings (SSSR count). The van der Waals surface area contributed by atoms with Gasteiger partial charge in [0, 0.05) is 24.3 Å². The summed E-state index contributed by atoms with van der Waals surface area (Å²) in [7, 11) is 0. The summed E-state index contributed by atoms with van der Waals surface area (Å²) in [6.07, 6.45) is 0.661. The van der Waals surface area contributed by atoms with Crippen molar-refractivity contribution in [1.82, 2.24) is 0 Å². The Morgan fingerprint density at radius 3 is 1.96 bits per heavy atom. The Morgan fingerprint density at radius 2 is 1.39 bits per heavy atom. The number of rotatable bonds is 8. The molecular weight excluding hydrogens is 288 g/mol. The molecule has 3 nitrogen and oxygen atoms in total. The number of carbonyl (C=O) groups is 3. The zero-order valence-corrected chi connectivity index (χ0v) is 13.2. The molecule has 0 aliphatic heterocycles. The summed E-state index contributed by atoms with van der Waals surface area (Å²) in [5.74, 6) is -1.20. The van der Waals surface area contributed by atoms with Crippen LogP contribution in [0.1, 0.15) is 48.0 Å². The van der Waals surface area contributed by atoms with Crippen molar-refractivity contribution in [1.29, 1.82) is 0 Å². The number of hydrogen-bond donors (Lipinski definition) is 0. The third kappa shape index (κ3) is 4.46. The first-order valence-corrected chi connectivity index (χ1v) is 7.83. The van der Waals surface area contributed by atoms with Crippen LogP contribution in [0.4, 0.5) is 0 Å². The maximum Gasteiger partial charge on any atom is 0.198 e. The van der Waals surface area contributed by atoms with E-state index in [4.69, 9.17) is 0 Å². The molecule has 23 heavy (non-hydrogen) atoms. The van der Waals surface area contributed by atoms with Gasteiger partial charge in [-0.05, 0) is 12.0 Å². The smallest absolute Gasteiger partial charge is 0.198 e. The van der Waals surface area contributed by atoms with Crippen molar-refractivity contribution >= 4 is 17.3 Å². The zero-order valence-electron chi connectivity index (χ0n) is 13.2. The molecule has 0 saturated heterocycles. The minimum absolute atomic E-state index is 0.0199. The van der Waals surface area contributed by atoms with Gasteiger partial charge >= 0.3 is 0 Å². The highest BCUT2D eigenvalue weighted by atomic mass is 16.2. The van der Waals surface area contributed by atoms with Crippen molar-refractivity contribution in [2.45, 2.75) is 32.1 Å². The molecule has 0 heterocycles. The van der Waals surface area contributed by atoms with Crippen LogP contribution in [0.25, 0.3) is 0 Å². The lowest BCUT2D eigenvalue weighted by molar-refractivity contribution is -0.136. The fraction of sp³-hybridized carbons (Fsp3) is 0.250. The Hall–Kier alpha value is -2.55.